The van der Waals surface area contributed by atoms with Crippen molar-refractivity contribution in [3.05, 3.63) is 0 Å². The predicted octanol–water partition coefficient (Wildman–Crippen LogP) is 2.61. The molecule has 14 heavy (non-hydrogen) atoms. The third-order valence-electron chi connectivity index (χ3n) is 5.30. The second-order valence-corrected chi connectivity index (χ2v) is 7.63. The molecule has 0 unspecified atom stereocenters. The van der Waals surface area contributed by atoms with Crippen LogP contribution in [0.3, 0.4) is 0 Å². The van der Waals surface area contributed by atoms with Gasteiger partial charge in [-0.15, -0.1) is 0 Å². The second-order valence-electron chi connectivity index (χ2n) is 5.46. The zero-order valence-corrected chi connectivity index (χ0v) is 10.9. The number of hydrogen-bond donors (Lipinski definition) is 0. The largest absolute Gasteiger partial charge is 0.298 e. The summed E-state index contributed by atoms with van der Waals surface area (Å²) < 4.78 is 0. The first-order valence-electron chi connectivity index (χ1n) is 5.52. The zero-order valence-electron chi connectivity index (χ0n) is 7.70. The summed E-state index contributed by atoms with van der Waals surface area (Å²) in [6.07, 6.45) is 2.61. The molecule has 3 heteroatoms. The summed E-state index contributed by atoms with van der Waals surface area (Å²) in [4.78, 5) is 13.0. The fraction of sp³-hybridized carbons (Fsp3) is 0.909. The summed E-state index contributed by atoms with van der Waals surface area (Å²) in [6, 6.07) is 0. The number of ketones is 1. The number of hydrogen-bond acceptors (Lipinski definition) is 1. The van der Waals surface area contributed by atoms with E-state index in [-0.39, 0.29) is 4.83 Å². The smallest absolute Gasteiger partial charge is 0.150 e. The fourth-order valence-electron chi connectivity index (χ4n) is 5.09. The topological polar surface area (TPSA) is 17.1 Å². The number of alkyl halides is 2. The van der Waals surface area contributed by atoms with Crippen LogP contribution in [0, 0.1) is 35.5 Å². The first-order valence-corrected chi connectivity index (χ1v) is 7.35. The molecule has 0 heterocycles. The van der Waals surface area contributed by atoms with Crippen LogP contribution in [0.2, 0.25) is 0 Å². The van der Waals surface area contributed by atoms with E-state index in [1.165, 1.54) is 12.8 Å². The van der Waals surface area contributed by atoms with Crippen LogP contribution in [0.5, 0.6) is 0 Å². The summed E-state index contributed by atoms with van der Waals surface area (Å²) in [6.45, 7) is 0. The highest BCUT2D eigenvalue weighted by molar-refractivity contribution is 9.10. The molecule has 0 spiro atoms. The molecule has 0 saturated heterocycles. The van der Waals surface area contributed by atoms with Gasteiger partial charge in [-0.2, -0.15) is 0 Å². The Balaban J connectivity index is 1.89. The molecule has 0 amide bonds. The van der Waals surface area contributed by atoms with Crippen LogP contribution in [-0.2, 0) is 4.79 Å². The highest BCUT2D eigenvalue weighted by Gasteiger charge is 2.71. The van der Waals surface area contributed by atoms with E-state index in [0.29, 0.717) is 22.4 Å². The van der Waals surface area contributed by atoms with Crippen LogP contribution in [0.15, 0.2) is 0 Å². The van der Waals surface area contributed by atoms with Gasteiger partial charge in [0, 0.05) is 10.7 Å². The van der Waals surface area contributed by atoms with Crippen molar-refractivity contribution in [3.8, 4) is 0 Å². The summed E-state index contributed by atoms with van der Waals surface area (Å²) >= 11 is 7.47. The molecule has 0 aromatic heterocycles. The third kappa shape index (κ3) is 0.722. The Morgan fingerprint density at radius 3 is 2.57 bits per heavy atom. The maximum Gasteiger partial charge on any atom is 0.150 e. The molecule has 4 fully saturated rings. The van der Waals surface area contributed by atoms with Gasteiger partial charge in [-0.05, 0) is 42.4 Å². The average molecular weight is 320 g/mol. The van der Waals surface area contributed by atoms with Crippen molar-refractivity contribution in [1.82, 2.24) is 0 Å². The molecule has 8 atom stereocenters. The van der Waals surface area contributed by atoms with Crippen molar-refractivity contribution in [3.63, 3.8) is 0 Å². The molecule has 1 nitrogen and oxygen atoms in total. The van der Waals surface area contributed by atoms with Crippen molar-refractivity contribution in [2.75, 3.05) is 0 Å². The lowest BCUT2D eigenvalue weighted by Gasteiger charge is -2.26. The first-order chi connectivity index (χ1) is 6.70. The van der Waals surface area contributed by atoms with Crippen LogP contribution in [0.25, 0.3) is 0 Å². The van der Waals surface area contributed by atoms with Gasteiger partial charge in [0.05, 0.1) is 4.83 Å². The van der Waals surface area contributed by atoms with Gasteiger partial charge in [-0.3, -0.25) is 4.79 Å². The average Bonchev–Trinajstić information content (AvgIpc) is 2.76. The number of carbonyl (C=O) groups excluding carboxylic acids is 1. The Bertz CT molecular complexity index is 327. The minimum atomic E-state index is 0.192. The van der Waals surface area contributed by atoms with Crippen LogP contribution >= 0.6 is 31.9 Å². The van der Waals surface area contributed by atoms with Crippen LogP contribution in [0.1, 0.15) is 12.8 Å². The number of Topliss-reactive ketones (excluding diaryl/α,β-unsaturated/α-hetero) is 1. The molecule has 0 N–H and O–H groups in total. The Hall–Kier alpha value is 0.630. The Morgan fingerprint density at radius 2 is 1.79 bits per heavy atom. The second kappa shape index (κ2) is 2.48. The molecule has 0 aliphatic heterocycles. The van der Waals surface area contributed by atoms with Crippen molar-refractivity contribution in [2.45, 2.75) is 22.5 Å². The Morgan fingerprint density at radius 1 is 1.00 bits per heavy atom. The molecule has 0 aromatic rings. The zero-order chi connectivity index (χ0) is 9.61. The van der Waals surface area contributed by atoms with Gasteiger partial charge in [-0.25, -0.2) is 0 Å². The van der Waals surface area contributed by atoms with Crippen LogP contribution in [-0.4, -0.2) is 15.4 Å². The Kier molecular flexibility index (Phi) is 1.55. The molecular formula is C11H12Br2O. The lowest BCUT2D eigenvalue weighted by molar-refractivity contribution is -0.121. The van der Waals surface area contributed by atoms with Crippen molar-refractivity contribution >= 4 is 37.6 Å². The molecule has 4 aliphatic carbocycles. The van der Waals surface area contributed by atoms with E-state index in [1.54, 1.807) is 0 Å². The van der Waals surface area contributed by atoms with Gasteiger partial charge < -0.3 is 0 Å². The molecule has 4 saturated carbocycles. The normalized spacial score (nSPS) is 68.3. The van der Waals surface area contributed by atoms with Gasteiger partial charge in [0.25, 0.3) is 0 Å². The number of rotatable bonds is 0. The molecule has 2 bridgehead atoms. The monoisotopic (exact) mass is 318 g/mol. The first kappa shape index (κ1) is 8.74. The van der Waals surface area contributed by atoms with E-state index in [9.17, 15) is 4.79 Å². The van der Waals surface area contributed by atoms with Crippen molar-refractivity contribution in [1.29, 1.82) is 0 Å². The number of fused-ring (bicyclic) bond motifs is 2. The lowest BCUT2D eigenvalue weighted by atomic mass is 9.80. The van der Waals surface area contributed by atoms with E-state index in [2.05, 4.69) is 31.9 Å². The van der Waals surface area contributed by atoms with E-state index in [4.69, 9.17) is 0 Å². The maximum absolute atomic E-state index is 12.1. The molecule has 0 radical (unpaired) electrons. The van der Waals surface area contributed by atoms with Gasteiger partial charge in [-0.1, -0.05) is 31.9 Å². The summed E-state index contributed by atoms with van der Waals surface area (Å²) in [5.74, 6) is 4.81. The van der Waals surface area contributed by atoms with Gasteiger partial charge in [0.2, 0.25) is 0 Å². The van der Waals surface area contributed by atoms with E-state index in [1.807, 2.05) is 0 Å². The fourth-order valence-corrected chi connectivity index (χ4v) is 7.31. The van der Waals surface area contributed by atoms with Crippen LogP contribution in [0.4, 0.5) is 0 Å². The Labute approximate surface area is 100 Å². The molecule has 76 valence electrons. The van der Waals surface area contributed by atoms with E-state index in [0.717, 1.165) is 23.7 Å². The summed E-state index contributed by atoms with van der Waals surface area (Å²) in [5, 5.41) is 0. The minimum absolute atomic E-state index is 0.192. The number of carbonyl (C=O) groups is 1. The molecular weight excluding hydrogens is 308 g/mol. The highest BCUT2D eigenvalue weighted by Crippen LogP contribution is 2.71. The highest BCUT2D eigenvalue weighted by atomic mass is 79.9. The number of halogens is 2. The summed E-state index contributed by atoms with van der Waals surface area (Å²) in [5.41, 5.74) is 0. The lowest BCUT2D eigenvalue weighted by Crippen LogP contribution is -2.26. The SMILES string of the molecule is O=C1[C@@H]2[C@H]3C[C@H](Br)[C@H]4[C@H]3C[C@@H]2[C@H]4[C@H]1Br. The van der Waals surface area contributed by atoms with Crippen LogP contribution < -0.4 is 0 Å². The van der Waals surface area contributed by atoms with E-state index < -0.39 is 0 Å². The third-order valence-corrected chi connectivity index (χ3v) is 7.35. The molecule has 0 aromatic carbocycles. The van der Waals surface area contributed by atoms with Gasteiger partial charge in [0.1, 0.15) is 5.78 Å². The molecule has 4 rings (SSSR count). The van der Waals surface area contributed by atoms with E-state index >= 15 is 0 Å². The van der Waals surface area contributed by atoms with Gasteiger partial charge >= 0.3 is 0 Å². The van der Waals surface area contributed by atoms with Crippen molar-refractivity contribution < 1.29 is 4.79 Å². The van der Waals surface area contributed by atoms with Crippen molar-refractivity contribution in [2.24, 2.45) is 35.5 Å². The standard InChI is InChI=1S/C11H12Br2O/c12-6-2-4-3-1-5-7(4)11(14)10(13)9(5)8(3)6/h3-10H,1-2H2/t3-,4-,5-,6-,7+,8+,9+,10+/m0/s1. The minimum Gasteiger partial charge on any atom is -0.298 e. The molecule has 4 aliphatic rings. The van der Waals surface area contributed by atoms with Gasteiger partial charge in [0.15, 0.2) is 0 Å². The maximum atomic E-state index is 12.1. The predicted molar refractivity (Wildman–Crippen MR) is 60.6 cm³/mol. The quantitative estimate of drug-likeness (QED) is 0.627. The summed E-state index contributed by atoms with van der Waals surface area (Å²) in [7, 11) is 0.